The first-order chi connectivity index (χ1) is 17.7. The van der Waals surface area contributed by atoms with Gasteiger partial charge in [-0.2, -0.15) is 0 Å². The highest BCUT2D eigenvalue weighted by Gasteiger charge is 2.30. The number of hydrogen-bond donors (Lipinski definition) is 2. The fourth-order valence-electron chi connectivity index (χ4n) is 4.85. The normalized spacial score (nSPS) is 14.8. The molecule has 2 amide bonds. The van der Waals surface area contributed by atoms with Gasteiger partial charge in [0.15, 0.2) is 5.13 Å². The van der Waals surface area contributed by atoms with Crippen molar-refractivity contribution >= 4 is 28.3 Å². The molecule has 0 saturated heterocycles. The van der Waals surface area contributed by atoms with Crippen LogP contribution in [0.4, 0.5) is 5.13 Å². The van der Waals surface area contributed by atoms with Crippen molar-refractivity contribution in [3.63, 3.8) is 0 Å². The number of amides is 2. The highest BCUT2D eigenvalue weighted by atomic mass is 32.1. The van der Waals surface area contributed by atoms with Gasteiger partial charge in [-0.15, -0.1) is 11.3 Å². The Morgan fingerprint density at radius 2 is 1.50 bits per heavy atom. The molecule has 5 rings (SSSR count). The number of aryl methyl sites for hydroxylation is 1. The zero-order chi connectivity index (χ0) is 24.7. The summed E-state index contributed by atoms with van der Waals surface area (Å²) >= 11 is 1.48. The molecular weight excluding hydrogens is 466 g/mol. The van der Waals surface area contributed by atoms with E-state index in [0.717, 1.165) is 36.3 Å². The fraction of sp³-hybridized carbons (Fsp3) is 0.233. The van der Waals surface area contributed by atoms with Crippen LogP contribution in [-0.4, -0.2) is 23.3 Å². The number of carbonyl (C=O) groups is 2. The maximum atomic E-state index is 13.2. The zero-order valence-corrected chi connectivity index (χ0v) is 20.8. The molecular formula is C30H29N3O2S. The summed E-state index contributed by atoms with van der Waals surface area (Å²) in [5.74, 6) is -0.231. The number of rotatable bonds is 8. The van der Waals surface area contributed by atoms with Crippen molar-refractivity contribution in [1.82, 2.24) is 10.3 Å². The first kappa shape index (κ1) is 23.9. The summed E-state index contributed by atoms with van der Waals surface area (Å²) in [6, 6.07) is 30.0. The molecule has 0 fully saturated rings. The molecule has 2 N–H and O–H groups in total. The molecule has 182 valence electrons. The standard InChI is InChI=1S/C30H29N3O2S/c34-28(23-15-8-3-9-16-23)33-30-32-27-25(17-10-18-26(27)36-30)29(35)31-20-19-24(21-11-4-1-5-12-21)22-13-6-2-7-14-22/h1-9,11-16,24-25H,10,17-20H2,(H,31,35)(H,32,33,34). The number of hydrogen-bond acceptors (Lipinski definition) is 4. The summed E-state index contributed by atoms with van der Waals surface area (Å²) in [6.07, 6.45) is 3.42. The van der Waals surface area contributed by atoms with Gasteiger partial charge in [-0.1, -0.05) is 78.9 Å². The Bertz CT molecular complexity index is 1270. The predicted molar refractivity (Wildman–Crippen MR) is 145 cm³/mol. The first-order valence-electron chi connectivity index (χ1n) is 12.4. The van der Waals surface area contributed by atoms with Crippen molar-refractivity contribution in [2.45, 2.75) is 37.5 Å². The molecule has 4 aromatic rings. The minimum absolute atomic E-state index is 0.0158. The zero-order valence-electron chi connectivity index (χ0n) is 20.0. The molecule has 6 heteroatoms. The van der Waals surface area contributed by atoms with Crippen LogP contribution in [0.15, 0.2) is 91.0 Å². The first-order valence-corrected chi connectivity index (χ1v) is 13.2. The third-order valence-corrected chi connectivity index (χ3v) is 7.71. The van der Waals surface area contributed by atoms with E-state index in [-0.39, 0.29) is 23.7 Å². The van der Waals surface area contributed by atoms with E-state index in [2.05, 4.69) is 64.1 Å². The Hall–Kier alpha value is -3.77. The van der Waals surface area contributed by atoms with Crippen molar-refractivity contribution in [3.05, 3.63) is 118 Å². The summed E-state index contributed by atoms with van der Waals surface area (Å²) in [5.41, 5.74) is 3.90. The summed E-state index contributed by atoms with van der Waals surface area (Å²) in [7, 11) is 0. The number of benzene rings is 3. The van der Waals surface area contributed by atoms with Crippen LogP contribution in [-0.2, 0) is 11.2 Å². The van der Waals surface area contributed by atoms with E-state index in [4.69, 9.17) is 0 Å². The largest absolute Gasteiger partial charge is 0.355 e. The van der Waals surface area contributed by atoms with Crippen LogP contribution in [0.2, 0.25) is 0 Å². The second kappa shape index (κ2) is 11.3. The molecule has 1 unspecified atom stereocenters. The maximum absolute atomic E-state index is 13.2. The third kappa shape index (κ3) is 5.55. The average molecular weight is 496 g/mol. The maximum Gasteiger partial charge on any atom is 0.257 e. The SMILES string of the molecule is O=C(Nc1nc2c(s1)CCCC2C(=O)NCCC(c1ccccc1)c1ccccc1)c1ccccc1. The smallest absolute Gasteiger partial charge is 0.257 e. The van der Waals surface area contributed by atoms with Crippen molar-refractivity contribution in [2.24, 2.45) is 0 Å². The lowest BCUT2D eigenvalue weighted by atomic mass is 9.88. The van der Waals surface area contributed by atoms with Gasteiger partial charge in [0, 0.05) is 22.9 Å². The predicted octanol–water partition coefficient (Wildman–Crippen LogP) is 6.15. The van der Waals surface area contributed by atoms with E-state index < -0.39 is 0 Å². The van der Waals surface area contributed by atoms with Gasteiger partial charge < -0.3 is 5.32 Å². The van der Waals surface area contributed by atoms with Crippen molar-refractivity contribution in [1.29, 1.82) is 0 Å². The van der Waals surface area contributed by atoms with E-state index in [1.54, 1.807) is 12.1 Å². The van der Waals surface area contributed by atoms with Gasteiger partial charge in [0.2, 0.25) is 5.91 Å². The lowest BCUT2D eigenvalue weighted by Gasteiger charge is -2.22. The molecule has 3 aromatic carbocycles. The molecule has 0 spiro atoms. The van der Waals surface area contributed by atoms with E-state index in [1.807, 2.05) is 30.3 Å². The quantitative estimate of drug-likeness (QED) is 0.308. The highest BCUT2D eigenvalue weighted by Crippen LogP contribution is 2.37. The number of thiazole rings is 1. The summed E-state index contributed by atoms with van der Waals surface area (Å²) < 4.78 is 0. The lowest BCUT2D eigenvalue weighted by Crippen LogP contribution is -2.32. The summed E-state index contributed by atoms with van der Waals surface area (Å²) in [5, 5.41) is 6.64. The Kier molecular flexibility index (Phi) is 7.52. The van der Waals surface area contributed by atoms with E-state index in [9.17, 15) is 9.59 Å². The van der Waals surface area contributed by atoms with Gasteiger partial charge in [0.1, 0.15) is 0 Å². The number of aromatic nitrogens is 1. The number of nitrogens with zero attached hydrogens (tertiary/aromatic N) is 1. The van der Waals surface area contributed by atoms with E-state index in [1.165, 1.54) is 22.5 Å². The average Bonchev–Trinajstić information content (AvgIpc) is 3.35. The minimum Gasteiger partial charge on any atom is -0.355 e. The van der Waals surface area contributed by atoms with Crippen molar-refractivity contribution in [2.75, 3.05) is 11.9 Å². The van der Waals surface area contributed by atoms with E-state index in [0.29, 0.717) is 17.2 Å². The molecule has 0 bridgehead atoms. The molecule has 1 aromatic heterocycles. The second-order valence-electron chi connectivity index (χ2n) is 9.05. The highest BCUT2D eigenvalue weighted by molar-refractivity contribution is 7.16. The molecule has 5 nitrogen and oxygen atoms in total. The van der Waals surface area contributed by atoms with Crippen LogP contribution in [0.25, 0.3) is 0 Å². The molecule has 0 saturated carbocycles. The molecule has 1 heterocycles. The monoisotopic (exact) mass is 495 g/mol. The molecule has 1 aliphatic rings. The third-order valence-electron chi connectivity index (χ3n) is 6.66. The Labute approximate surface area is 215 Å². The molecule has 36 heavy (non-hydrogen) atoms. The number of carbonyl (C=O) groups excluding carboxylic acids is 2. The van der Waals surface area contributed by atoms with Crippen LogP contribution in [0.5, 0.6) is 0 Å². The van der Waals surface area contributed by atoms with Crippen molar-refractivity contribution in [3.8, 4) is 0 Å². The minimum atomic E-state index is -0.278. The van der Waals surface area contributed by atoms with Crippen LogP contribution in [0.1, 0.15) is 63.2 Å². The van der Waals surface area contributed by atoms with Crippen LogP contribution < -0.4 is 10.6 Å². The van der Waals surface area contributed by atoms with Crippen LogP contribution in [0, 0.1) is 0 Å². The molecule has 0 radical (unpaired) electrons. The number of nitrogens with one attached hydrogen (secondary N) is 2. The molecule has 0 aliphatic heterocycles. The van der Waals surface area contributed by atoms with Crippen LogP contribution >= 0.6 is 11.3 Å². The second-order valence-corrected chi connectivity index (χ2v) is 10.1. The van der Waals surface area contributed by atoms with Gasteiger partial charge in [-0.25, -0.2) is 4.98 Å². The fourth-order valence-corrected chi connectivity index (χ4v) is 5.91. The van der Waals surface area contributed by atoms with E-state index >= 15 is 0 Å². The Balaban J connectivity index is 1.24. The van der Waals surface area contributed by atoms with Gasteiger partial charge in [-0.3, -0.25) is 14.9 Å². The molecule has 1 aliphatic carbocycles. The van der Waals surface area contributed by atoms with Gasteiger partial charge in [-0.05, 0) is 48.9 Å². The number of fused-ring (bicyclic) bond motifs is 1. The summed E-state index contributed by atoms with van der Waals surface area (Å²) in [6.45, 7) is 0.584. The van der Waals surface area contributed by atoms with Gasteiger partial charge in [0.25, 0.3) is 5.91 Å². The summed E-state index contributed by atoms with van der Waals surface area (Å²) in [4.78, 5) is 31.6. The number of anilines is 1. The Morgan fingerprint density at radius 3 is 2.14 bits per heavy atom. The van der Waals surface area contributed by atoms with Gasteiger partial charge in [0.05, 0.1) is 11.6 Å². The van der Waals surface area contributed by atoms with Crippen LogP contribution in [0.3, 0.4) is 0 Å². The molecule has 1 atom stereocenters. The lowest BCUT2D eigenvalue weighted by molar-refractivity contribution is -0.122. The van der Waals surface area contributed by atoms with Gasteiger partial charge >= 0.3 is 0 Å². The topological polar surface area (TPSA) is 71.1 Å². The van der Waals surface area contributed by atoms with Crippen molar-refractivity contribution < 1.29 is 9.59 Å². The Morgan fingerprint density at radius 1 is 0.889 bits per heavy atom.